The first kappa shape index (κ1) is 14.2. The molecule has 0 fully saturated rings. The van der Waals surface area contributed by atoms with Gasteiger partial charge >= 0.3 is 5.97 Å². The highest BCUT2D eigenvalue weighted by molar-refractivity contribution is 5.66. The number of carboxylic acids is 1. The van der Waals surface area contributed by atoms with Gasteiger partial charge in [-0.2, -0.15) is 5.10 Å². The average molecular weight is 273 g/mol. The van der Waals surface area contributed by atoms with Crippen LogP contribution < -0.4 is 0 Å². The number of hydrogen-bond acceptors (Lipinski definition) is 3. The van der Waals surface area contributed by atoms with E-state index in [2.05, 4.69) is 10.1 Å². The minimum absolute atomic E-state index is 0.0576. The third kappa shape index (κ3) is 3.23. The van der Waals surface area contributed by atoms with E-state index >= 15 is 0 Å². The van der Waals surface area contributed by atoms with Crippen LogP contribution in [0.15, 0.2) is 24.3 Å². The lowest BCUT2D eigenvalue weighted by Crippen LogP contribution is -2.06. The molecule has 1 heterocycles. The normalized spacial score (nSPS) is 11.0. The van der Waals surface area contributed by atoms with Crippen LogP contribution in [0, 0.1) is 6.92 Å². The van der Waals surface area contributed by atoms with Gasteiger partial charge in [0.1, 0.15) is 5.82 Å². The Bertz CT molecular complexity index is 617. The molecule has 0 aliphatic heterocycles. The zero-order valence-electron chi connectivity index (χ0n) is 12.0. The minimum atomic E-state index is -0.824. The van der Waals surface area contributed by atoms with Crippen molar-refractivity contribution in [2.75, 3.05) is 0 Å². The van der Waals surface area contributed by atoms with Crippen molar-refractivity contribution in [3.8, 4) is 5.69 Å². The van der Waals surface area contributed by atoms with Gasteiger partial charge in [0.25, 0.3) is 0 Å². The fourth-order valence-electron chi connectivity index (χ4n) is 1.95. The number of benzene rings is 1. The van der Waals surface area contributed by atoms with E-state index in [0.717, 1.165) is 17.1 Å². The van der Waals surface area contributed by atoms with Gasteiger partial charge < -0.3 is 5.11 Å². The van der Waals surface area contributed by atoms with Crippen molar-refractivity contribution >= 4 is 5.97 Å². The molecule has 0 aliphatic rings. The molecule has 0 spiro atoms. The summed E-state index contributed by atoms with van der Waals surface area (Å²) < 4.78 is 1.76. The van der Waals surface area contributed by atoms with E-state index in [0.29, 0.717) is 12.2 Å². The molecule has 1 aromatic heterocycles. The second kappa shape index (κ2) is 5.86. The predicted octanol–water partition coefficient (Wildman–Crippen LogP) is 2.72. The lowest BCUT2D eigenvalue weighted by atomic mass is 10.2. The van der Waals surface area contributed by atoms with Crippen LogP contribution in [0.5, 0.6) is 0 Å². The van der Waals surface area contributed by atoms with Gasteiger partial charge in [-0.25, -0.2) is 9.67 Å². The average Bonchev–Trinajstić information content (AvgIpc) is 2.80. The van der Waals surface area contributed by atoms with Crippen LogP contribution in [-0.4, -0.2) is 25.8 Å². The van der Waals surface area contributed by atoms with Gasteiger partial charge in [0.2, 0.25) is 0 Å². The van der Waals surface area contributed by atoms with Crippen LogP contribution in [0.4, 0.5) is 0 Å². The van der Waals surface area contributed by atoms with E-state index in [9.17, 15) is 4.79 Å². The molecule has 0 saturated carbocycles. The molecule has 0 unspecified atom stereocenters. The number of rotatable bonds is 5. The summed E-state index contributed by atoms with van der Waals surface area (Å²) in [4.78, 5) is 15.2. The number of hydrogen-bond donors (Lipinski definition) is 1. The van der Waals surface area contributed by atoms with Crippen LogP contribution >= 0.6 is 0 Å². The summed E-state index contributed by atoms with van der Waals surface area (Å²) in [6.07, 6.45) is 0.436. The topological polar surface area (TPSA) is 68.0 Å². The van der Waals surface area contributed by atoms with E-state index in [-0.39, 0.29) is 12.3 Å². The maximum atomic E-state index is 10.8. The molecule has 0 saturated heterocycles. The van der Waals surface area contributed by atoms with Crippen molar-refractivity contribution in [1.29, 1.82) is 0 Å². The van der Waals surface area contributed by atoms with Gasteiger partial charge in [-0.15, -0.1) is 0 Å². The molecule has 0 bridgehead atoms. The van der Waals surface area contributed by atoms with Gasteiger partial charge in [0.05, 0.1) is 12.1 Å². The molecular weight excluding hydrogens is 254 g/mol. The molecule has 1 N–H and O–H groups in total. The molecule has 0 radical (unpaired) electrons. The Labute approximate surface area is 118 Å². The van der Waals surface area contributed by atoms with Gasteiger partial charge in [-0.1, -0.05) is 26.0 Å². The number of aliphatic carboxylic acids is 1. The molecule has 0 aliphatic carbocycles. The maximum absolute atomic E-state index is 10.8. The molecule has 1 aromatic carbocycles. The summed E-state index contributed by atoms with van der Waals surface area (Å²) in [6.45, 7) is 6.06. The number of aromatic nitrogens is 3. The molecule has 0 atom stereocenters. The van der Waals surface area contributed by atoms with Crippen molar-refractivity contribution in [2.45, 2.75) is 39.5 Å². The molecule has 2 aromatic rings. The van der Waals surface area contributed by atoms with Crippen molar-refractivity contribution < 1.29 is 9.90 Å². The smallest absolute Gasteiger partial charge is 0.303 e. The molecule has 5 nitrogen and oxygen atoms in total. The minimum Gasteiger partial charge on any atom is -0.481 e. The van der Waals surface area contributed by atoms with Gasteiger partial charge in [-0.05, 0) is 24.6 Å². The van der Waals surface area contributed by atoms with Gasteiger partial charge in [0.15, 0.2) is 5.82 Å². The van der Waals surface area contributed by atoms with Crippen LogP contribution in [0.25, 0.3) is 5.69 Å². The Morgan fingerprint density at radius 3 is 2.75 bits per heavy atom. The van der Waals surface area contributed by atoms with Crippen molar-refractivity contribution in [2.24, 2.45) is 0 Å². The van der Waals surface area contributed by atoms with E-state index in [1.165, 1.54) is 0 Å². The highest BCUT2D eigenvalue weighted by atomic mass is 16.4. The zero-order chi connectivity index (χ0) is 14.7. The molecule has 5 heteroatoms. The first-order valence-electron chi connectivity index (χ1n) is 6.72. The summed E-state index contributed by atoms with van der Waals surface area (Å²) in [6, 6.07) is 7.95. The molecule has 106 valence electrons. The van der Waals surface area contributed by atoms with E-state index in [4.69, 9.17) is 5.11 Å². The Morgan fingerprint density at radius 1 is 1.40 bits per heavy atom. The quantitative estimate of drug-likeness (QED) is 0.909. The van der Waals surface area contributed by atoms with Crippen molar-refractivity contribution in [3.63, 3.8) is 0 Å². The van der Waals surface area contributed by atoms with Gasteiger partial charge in [-0.3, -0.25) is 4.79 Å². The Kier molecular flexibility index (Phi) is 4.17. The fraction of sp³-hybridized carbons (Fsp3) is 0.400. The van der Waals surface area contributed by atoms with Crippen LogP contribution in [-0.2, 0) is 11.2 Å². The fourth-order valence-corrected chi connectivity index (χ4v) is 1.95. The SMILES string of the molecule is Cc1cccc(-n2nc(C(C)C)nc2CCC(=O)O)c1. The molecular formula is C15H19N3O2. The monoisotopic (exact) mass is 273 g/mol. The van der Waals surface area contributed by atoms with Crippen LogP contribution in [0.1, 0.15) is 43.4 Å². The van der Waals surface area contributed by atoms with E-state index in [1.54, 1.807) is 4.68 Å². The Balaban J connectivity index is 2.41. The summed E-state index contributed by atoms with van der Waals surface area (Å²) in [7, 11) is 0. The standard InChI is InChI=1S/C15H19N3O2/c1-10(2)15-16-13(7-8-14(19)20)18(17-15)12-6-4-5-11(3)9-12/h4-6,9-10H,7-8H2,1-3H3,(H,19,20). The summed E-state index contributed by atoms with van der Waals surface area (Å²) >= 11 is 0. The van der Waals surface area contributed by atoms with Crippen LogP contribution in [0.2, 0.25) is 0 Å². The Hall–Kier alpha value is -2.17. The highest BCUT2D eigenvalue weighted by Gasteiger charge is 2.15. The lowest BCUT2D eigenvalue weighted by Gasteiger charge is -2.05. The number of carboxylic acid groups (broad SMARTS) is 1. The van der Waals surface area contributed by atoms with Crippen molar-refractivity contribution in [1.82, 2.24) is 14.8 Å². The molecule has 20 heavy (non-hydrogen) atoms. The first-order valence-corrected chi connectivity index (χ1v) is 6.72. The highest BCUT2D eigenvalue weighted by Crippen LogP contribution is 2.17. The Morgan fingerprint density at radius 2 is 2.15 bits per heavy atom. The predicted molar refractivity (Wildman–Crippen MR) is 76.1 cm³/mol. The maximum Gasteiger partial charge on any atom is 0.303 e. The summed E-state index contributed by atoms with van der Waals surface area (Å²) in [5.74, 6) is 0.827. The second-order valence-corrected chi connectivity index (χ2v) is 5.19. The zero-order valence-corrected chi connectivity index (χ0v) is 12.0. The number of nitrogens with zero attached hydrogens (tertiary/aromatic N) is 3. The van der Waals surface area contributed by atoms with Gasteiger partial charge in [0, 0.05) is 12.3 Å². The summed E-state index contributed by atoms with van der Waals surface area (Å²) in [5.41, 5.74) is 2.05. The van der Waals surface area contributed by atoms with E-state index < -0.39 is 5.97 Å². The van der Waals surface area contributed by atoms with Crippen LogP contribution in [0.3, 0.4) is 0 Å². The third-order valence-corrected chi connectivity index (χ3v) is 3.02. The molecule has 2 rings (SSSR count). The van der Waals surface area contributed by atoms with E-state index in [1.807, 2.05) is 45.0 Å². The van der Waals surface area contributed by atoms with Crippen molar-refractivity contribution in [3.05, 3.63) is 41.5 Å². The summed E-state index contributed by atoms with van der Waals surface area (Å²) in [5, 5.41) is 13.4. The third-order valence-electron chi connectivity index (χ3n) is 3.02. The molecule has 0 amide bonds. The largest absolute Gasteiger partial charge is 0.481 e. The second-order valence-electron chi connectivity index (χ2n) is 5.19. The number of aryl methyl sites for hydroxylation is 2. The lowest BCUT2D eigenvalue weighted by molar-refractivity contribution is -0.137. The number of carbonyl (C=O) groups is 1. The first-order chi connectivity index (χ1) is 9.47.